The van der Waals surface area contributed by atoms with Gasteiger partial charge in [-0.05, 0) is 56.2 Å². The van der Waals surface area contributed by atoms with Gasteiger partial charge in [0.05, 0.1) is 4.91 Å². The first-order chi connectivity index (χ1) is 13.7. The molecule has 1 aliphatic heterocycles. The summed E-state index contributed by atoms with van der Waals surface area (Å²) in [5, 5.41) is 0. The van der Waals surface area contributed by atoms with E-state index in [1.807, 2.05) is 39.2 Å². The van der Waals surface area contributed by atoms with Crippen LogP contribution in [0.4, 0.5) is 4.39 Å². The molecule has 2 rings (SSSR count). The molecule has 160 valence electrons. The van der Waals surface area contributed by atoms with Crippen molar-refractivity contribution >= 4 is 19.3 Å². The Morgan fingerprint density at radius 1 is 1.45 bits per heavy atom. The predicted molar refractivity (Wildman–Crippen MR) is 124 cm³/mol. The number of halogens is 1. The molecule has 0 aromatic rings. The summed E-state index contributed by atoms with van der Waals surface area (Å²) in [6, 6.07) is 0.251. The minimum Gasteiger partial charge on any atom is -0.305 e. The zero-order valence-corrected chi connectivity index (χ0v) is 19.5. The normalized spacial score (nSPS) is 23.0. The molecule has 0 N–H and O–H groups in total. The Labute approximate surface area is 177 Å². The van der Waals surface area contributed by atoms with Gasteiger partial charge < -0.3 is 4.90 Å². The number of allylic oxidation sites excluding steroid dienone is 11. The van der Waals surface area contributed by atoms with E-state index in [0.29, 0.717) is 36.4 Å². The van der Waals surface area contributed by atoms with E-state index in [9.17, 15) is 12.8 Å². The molecule has 0 bridgehead atoms. The number of alkyl halides is 1. The van der Waals surface area contributed by atoms with Crippen LogP contribution in [-0.4, -0.2) is 56.8 Å². The fourth-order valence-electron chi connectivity index (χ4n) is 3.43. The Balaban J connectivity index is 2.25. The van der Waals surface area contributed by atoms with Crippen LogP contribution in [0.1, 0.15) is 26.2 Å². The lowest BCUT2D eigenvalue weighted by atomic mass is 10.0. The van der Waals surface area contributed by atoms with Gasteiger partial charge >= 0.3 is 0 Å². The number of hydrogen-bond donors (Lipinski definition) is 0. The SMILES string of the molecule is C=C/C(=C\C=C(/CC)S(=O)(=O)N1CCC(N(C)C)C1)C1=CCC(C(F)P)=CC=C1. The van der Waals surface area contributed by atoms with Crippen molar-refractivity contribution in [1.82, 2.24) is 9.21 Å². The van der Waals surface area contributed by atoms with Crippen molar-refractivity contribution in [2.45, 2.75) is 38.1 Å². The van der Waals surface area contributed by atoms with Gasteiger partial charge in [0, 0.05) is 19.1 Å². The molecule has 0 amide bonds. The van der Waals surface area contributed by atoms with Crippen LogP contribution in [0.2, 0.25) is 0 Å². The van der Waals surface area contributed by atoms with Gasteiger partial charge in [-0.3, -0.25) is 0 Å². The molecule has 0 aromatic carbocycles. The van der Waals surface area contributed by atoms with Crippen LogP contribution in [0.25, 0.3) is 0 Å². The fourth-order valence-corrected chi connectivity index (χ4v) is 5.32. The second-order valence-corrected chi connectivity index (χ2v) is 10.0. The van der Waals surface area contributed by atoms with Crippen molar-refractivity contribution in [1.29, 1.82) is 0 Å². The number of rotatable bonds is 8. The van der Waals surface area contributed by atoms with E-state index in [-0.39, 0.29) is 6.04 Å². The molecule has 3 unspecified atom stereocenters. The summed E-state index contributed by atoms with van der Waals surface area (Å²) in [7, 11) is 2.63. The number of nitrogens with zero attached hydrogens (tertiary/aromatic N) is 2. The van der Waals surface area contributed by atoms with E-state index in [0.717, 1.165) is 17.6 Å². The van der Waals surface area contributed by atoms with Gasteiger partial charge in [0.15, 0.2) is 0 Å². The van der Waals surface area contributed by atoms with Crippen molar-refractivity contribution in [2.75, 3.05) is 27.2 Å². The molecule has 7 heteroatoms. The van der Waals surface area contributed by atoms with E-state index in [4.69, 9.17) is 0 Å². The van der Waals surface area contributed by atoms with E-state index in [1.54, 1.807) is 28.6 Å². The van der Waals surface area contributed by atoms with Gasteiger partial charge in [0.2, 0.25) is 10.0 Å². The van der Waals surface area contributed by atoms with Gasteiger partial charge in [-0.1, -0.05) is 59.2 Å². The quantitative estimate of drug-likeness (QED) is 0.418. The second-order valence-electron chi connectivity index (χ2n) is 7.45. The van der Waals surface area contributed by atoms with Crippen molar-refractivity contribution in [3.63, 3.8) is 0 Å². The van der Waals surface area contributed by atoms with Gasteiger partial charge in [-0.15, -0.1) is 0 Å². The third-order valence-corrected chi connectivity index (χ3v) is 7.90. The molecule has 4 nitrogen and oxygen atoms in total. The maximum absolute atomic E-state index is 13.5. The Morgan fingerprint density at radius 3 is 2.72 bits per heavy atom. The fraction of sp³-hybridized carbons (Fsp3) is 0.455. The minimum absolute atomic E-state index is 0.251. The second kappa shape index (κ2) is 10.6. The molecule has 0 saturated carbocycles. The van der Waals surface area contributed by atoms with Gasteiger partial charge in [0.25, 0.3) is 0 Å². The topological polar surface area (TPSA) is 40.6 Å². The van der Waals surface area contributed by atoms with Crippen LogP contribution < -0.4 is 0 Å². The summed E-state index contributed by atoms with van der Waals surface area (Å²) < 4.78 is 41.3. The molecule has 2 aliphatic rings. The maximum atomic E-state index is 13.5. The average molecular weight is 439 g/mol. The summed E-state index contributed by atoms with van der Waals surface area (Å²) >= 11 is 0. The highest BCUT2D eigenvalue weighted by atomic mass is 32.2. The van der Waals surface area contributed by atoms with Crippen molar-refractivity contribution in [3.8, 4) is 0 Å². The van der Waals surface area contributed by atoms with E-state index in [2.05, 4.69) is 20.7 Å². The van der Waals surface area contributed by atoms with Crippen LogP contribution in [0, 0.1) is 0 Å². The molecule has 1 aliphatic carbocycles. The minimum atomic E-state index is -3.49. The van der Waals surface area contributed by atoms with Crippen LogP contribution in [0.3, 0.4) is 0 Å². The Hall–Kier alpha value is -1.33. The highest BCUT2D eigenvalue weighted by Crippen LogP contribution is 2.26. The van der Waals surface area contributed by atoms with Gasteiger partial charge in [0.1, 0.15) is 5.91 Å². The Kier molecular flexibility index (Phi) is 8.77. The smallest absolute Gasteiger partial charge is 0.239 e. The molecule has 1 fully saturated rings. The van der Waals surface area contributed by atoms with Crippen LogP contribution >= 0.6 is 9.24 Å². The predicted octanol–water partition coefficient (Wildman–Crippen LogP) is 4.34. The number of hydrogen-bond acceptors (Lipinski definition) is 3. The summed E-state index contributed by atoms with van der Waals surface area (Å²) in [4.78, 5) is 2.46. The number of sulfonamides is 1. The summed E-state index contributed by atoms with van der Waals surface area (Å²) in [5.41, 5.74) is 2.39. The molecule has 1 saturated heterocycles. The lowest BCUT2D eigenvalue weighted by molar-refractivity contribution is 0.302. The molecule has 29 heavy (non-hydrogen) atoms. The van der Waals surface area contributed by atoms with E-state index in [1.165, 1.54) is 0 Å². The first-order valence-electron chi connectivity index (χ1n) is 9.87. The lowest BCUT2D eigenvalue weighted by Gasteiger charge is -2.21. The van der Waals surface area contributed by atoms with E-state index < -0.39 is 15.9 Å². The summed E-state index contributed by atoms with van der Waals surface area (Å²) in [5.74, 6) is -1.07. The van der Waals surface area contributed by atoms with Gasteiger partial charge in [-0.2, -0.15) is 4.31 Å². The largest absolute Gasteiger partial charge is 0.305 e. The molecule has 1 heterocycles. The molecular weight excluding hydrogens is 406 g/mol. The molecular formula is C22H32FN2O2PS. The molecule has 0 spiro atoms. The number of likely N-dealkylation sites (N-methyl/N-ethyl adjacent to an activating group) is 1. The van der Waals surface area contributed by atoms with Crippen LogP contribution in [0.15, 0.2) is 70.7 Å². The summed E-state index contributed by atoms with van der Waals surface area (Å²) in [6.45, 7) is 6.78. The molecule has 0 radical (unpaired) electrons. The van der Waals surface area contributed by atoms with Crippen molar-refractivity contribution in [2.24, 2.45) is 0 Å². The average Bonchev–Trinajstić information content (AvgIpc) is 3.06. The van der Waals surface area contributed by atoms with Crippen LogP contribution in [-0.2, 0) is 10.0 Å². The third kappa shape index (κ3) is 6.08. The standard InChI is InChI=1S/C22H32FN2O2PS/c1-5-17(18-8-7-9-19(11-10-18)22(23)28)12-13-21(6-2)29(26,27)25-15-14-20(16-25)24(3)4/h5,7-10,12-13,20,22H,1,6,11,14-16,28H2,2-4H3/b17-12+,21-13+. The van der Waals surface area contributed by atoms with Crippen molar-refractivity contribution < 1.29 is 12.8 Å². The highest BCUT2D eigenvalue weighted by molar-refractivity contribution is 7.93. The molecule has 0 aromatic heterocycles. The van der Waals surface area contributed by atoms with Gasteiger partial charge in [-0.25, -0.2) is 12.8 Å². The Bertz CT molecular complexity index is 867. The first-order valence-corrected chi connectivity index (χ1v) is 12.0. The Morgan fingerprint density at radius 2 is 2.17 bits per heavy atom. The van der Waals surface area contributed by atoms with Crippen LogP contribution in [0.5, 0.6) is 0 Å². The first kappa shape index (κ1) is 23.9. The highest BCUT2D eigenvalue weighted by Gasteiger charge is 2.33. The third-order valence-electron chi connectivity index (χ3n) is 5.38. The monoisotopic (exact) mass is 438 g/mol. The lowest BCUT2D eigenvalue weighted by Crippen LogP contribution is -2.35. The zero-order valence-electron chi connectivity index (χ0n) is 17.5. The summed E-state index contributed by atoms with van der Waals surface area (Å²) in [6.07, 6.45) is 14.3. The van der Waals surface area contributed by atoms with E-state index >= 15 is 0 Å². The molecule has 3 atom stereocenters. The maximum Gasteiger partial charge on any atom is 0.239 e. The van der Waals surface area contributed by atoms with Crippen molar-refractivity contribution in [3.05, 3.63) is 70.7 Å². The zero-order chi connectivity index (χ0) is 21.6.